The summed E-state index contributed by atoms with van der Waals surface area (Å²) in [5.74, 6) is 0. The maximum Gasteiger partial charge on any atom is 0.494 e. The average Bonchev–Trinajstić information content (AvgIpc) is 2.50. The molecule has 0 unspecified atom stereocenters. The first-order valence-corrected chi connectivity index (χ1v) is 6.65. The second-order valence-electron chi connectivity index (χ2n) is 5.76. The summed E-state index contributed by atoms with van der Waals surface area (Å²) in [6.45, 7) is 7.87. The Labute approximate surface area is 123 Å². The van der Waals surface area contributed by atoms with E-state index in [0.29, 0.717) is 10.7 Å². The molecule has 0 bridgehead atoms. The lowest BCUT2D eigenvalue weighted by Crippen LogP contribution is -2.41. The number of nitrogens with one attached hydrogen (secondary N) is 1. The minimum Gasteiger partial charge on any atom is -0.465 e. The van der Waals surface area contributed by atoms with Gasteiger partial charge in [0.2, 0.25) is 0 Å². The summed E-state index contributed by atoms with van der Waals surface area (Å²) in [4.78, 5) is 10.6. The number of carbonyl (C=O) groups is 1. The van der Waals surface area contributed by atoms with Gasteiger partial charge in [0.15, 0.2) is 0 Å². The Morgan fingerprint density at radius 2 is 1.80 bits per heavy atom. The largest absolute Gasteiger partial charge is 0.494 e. The molecule has 0 atom stereocenters. The van der Waals surface area contributed by atoms with Crippen molar-refractivity contribution in [3.05, 3.63) is 23.2 Å². The number of hydrogen-bond donors (Lipinski definition) is 2. The van der Waals surface area contributed by atoms with Crippen molar-refractivity contribution < 1.29 is 19.2 Å². The molecule has 1 aliphatic heterocycles. The molecule has 108 valence electrons. The minimum absolute atomic E-state index is 0.305. The number of hydrogen-bond acceptors (Lipinski definition) is 3. The first-order valence-electron chi connectivity index (χ1n) is 6.27. The summed E-state index contributed by atoms with van der Waals surface area (Å²) in [6.07, 6.45) is -1.16. The molecule has 7 heteroatoms. The maximum atomic E-state index is 10.6. The van der Waals surface area contributed by atoms with E-state index < -0.39 is 24.4 Å². The van der Waals surface area contributed by atoms with Crippen molar-refractivity contribution in [3.8, 4) is 0 Å². The Morgan fingerprint density at radius 1 is 1.25 bits per heavy atom. The average molecular weight is 298 g/mol. The van der Waals surface area contributed by atoms with Gasteiger partial charge in [0, 0.05) is 0 Å². The second-order valence-corrected chi connectivity index (χ2v) is 6.16. The molecule has 0 aliphatic carbocycles. The van der Waals surface area contributed by atoms with Crippen LogP contribution in [0, 0.1) is 0 Å². The number of amides is 1. The molecule has 0 aromatic heterocycles. The van der Waals surface area contributed by atoms with Crippen LogP contribution < -0.4 is 10.8 Å². The second kappa shape index (κ2) is 4.95. The van der Waals surface area contributed by atoms with Crippen LogP contribution in [0.25, 0.3) is 0 Å². The topological polar surface area (TPSA) is 67.8 Å². The lowest BCUT2D eigenvalue weighted by molar-refractivity contribution is 0.00578. The molecule has 2 rings (SSSR count). The van der Waals surface area contributed by atoms with Crippen LogP contribution in [0.1, 0.15) is 27.7 Å². The van der Waals surface area contributed by atoms with Gasteiger partial charge in [-0.1, -0.05) is 17.7 Å². The van der Waals surface area contributed by atoms with Crippen LogP contribution in [0.4, 0.5) is 10.5 Å². The number of rotatable bonds is 2. The molecule has 1 heterocycles. The first-order chi connectivity index (χ1) is 9.12. The number of carboxylic acid groups (broad SMARTS) is 1. The highest BCUT2D eigenvalue weighted by Gasteiger charge is 2.51. The molecular formula is C13H17BClNO4. The minimum atomic E-state index is -1.16. The van der Waals surface area contributed by atoms with E-state index in [2.05, 4.69) is 5.32 Å². The van der Waals surface area contributed by atoms with Gasteiger partial charge in [0.05, 0.1) is 21.9 Å². The van der Waals surface area contributed by atoms with E-state index in [0.717, 1.165) is 5.46 Å². The molecule has 0 spiro atoms. The van der Waals surface area contributed by atoms with E-state index in [1.165, 1.54) is 0 Å². The van der Waals surface area contributed by atoms with Gasteiger partial charge in [-0.3, -0.25) is 5.32 Å². The smallest absolute Gasteiger partial charge is 0.465 e. The van der Waals surface area contributed by atoms with E-state index in [-0.39, 0.29) is 0 Å². The predicted octanol–water partition coefficient (Wildman–Crippen LogP) is 2.73. The third kappa shape index (κ3) is 2.77. The van der Waals surface area contributed by atoms with Crippen LogP contribution in [-0.2, 0) is 9.31 Å². The lowest BCUT2D eigenvalue weighted by Gasteiger charge is -2.32. The zero-order valence-electron chi connectivity index (χ0n) is 11.9. The van der Waals surface area contributed by atoms with Crippen molar-refractivity contribution in [2.75, 3.05) is 5.32 Å². The molecule has 1 aliphatic rings. The molecule has 2 N–H and O–H groups in total. The third-order valence-electron chi connectivity index (χ3n) is 3.76. The van der Waals surface area contributed by atoms with Crippen molar-refractivity contribution in [2.45, 2.75) is 38.9 Å². The van der Waals surface area contributed by atoms with Crippen LogP contribution >= 0.6 is 11.6 Å². The molecule has 1 aromatic rings. The molecule has 1 fully saturated rings. The molecular weight excluding hydrogens is 280 g/mol. The molecule has 20 heavy (non-hydrogen) atoms. The lowest BCUT2D eigenvalue weighted by atomic mass is 9.79. The zero-order chi connectivity index (χ0) is 15.1. The van der Waals surface area contributed by atoms with Crippen LogP contribution in [0.15, 0.2) is 18.2 Å². The maximum absolute atomic E-state index is 10.6. The molecule has 5 nitrogen and oxygen atoms in total. The highest BCUT2D eigenvalue weighted by atomic mass is 35.5. The summed E-state index contributed by atoms with van der Waals surface area (Å²) >= 11 is 6.06. The van der Waals surface area contributed by atoms with E-state index in [9.17, 15) is 4.79 Å². The quantitative estimate of drug-likeness (QED) is 0.824. The molecule has 1 aromatic carbocycles. The Bertz CT molecular complexity index is 531. The standard InChI is InChI=1S/C13H17BClNO4/c1-12(2)13(3,4)20-14(19-12)8-5-6-10(9(15)7-8)16-11(17)18/h5-7,16H,1-4H3,(H,17,18). The fraction of sp³-hybridized carbons (Fsp3) is 0.462. The van der Waals surface area contributed by atoms with Crippen LogP contribution in [0.5, 0.6) is 0 Å². The van der Waals surface area contributed by atoms with Crippen molar-refractivity contribution >= 4 is 36.0 Å². The SMILES string of the molecule is CC1(C)OB(c2ccc(NC(=O)O)c(Cl)c2)OC1(C)C. The van der Waals surface area contributed by atoms with Crippen molar-refractivity contribution in [1.29, 1.82) is 0 Å². The van der Waals surface area contributed by atoms with E-state index in [4.69, 9.17) is 26.0 Å². The normalized spacial score (nSPS) is 19.9. The van der Waals surface area contributed by atoms with Crippen LogP contribution in [0.3, 0.4) is 0 Å². The fourth-order valence-electron chi connectivity index (χ4n) is 1.87. The van der Waals surface area contributed by atoms with E-state index in [1.807, 2.05) is 27.7 Å². The van der Waals surface area contributed by atoms with Crippen molar-refractivity contribution in [1.82, 2.24) is 0 Å². The van der Waals surface area contributed by atoms with Gasteiger partial charge in [-0.05, 0) is 45.3 Å². The monoisotopic (exact) mass is 297 g/mol. The number of benzene rings is 1. The number of anilines is 1. The van der Waals surface area contributed by atoms with Gasteiger partial charge < -0.3 is 14.4 Å². The van der Waals surface area contributed by atoms with Gasteiger partial charge >= 0.3 is 13.2 Å². The highest BCUT2D eigenvalue weighted by molar-refractivity contribution is 6.62. The Hall–Kier alpha value is -1.24. The molecule has 0 radical (unpaired) electrons. The summed E-state index contributed by atoms with van der Waals surface area (Å²) in [5.41, 5.74) is 0.230. The van der Waals surface area contributed by atoms with Crippen molar-refractivity contribution in [3.63, 3.8) is 0 Å². The summed E-state index contributed by atoms with van der Waals surface area (Å²) in [5, 5.41) is 11.2. The summed E-state index contributed by atoms with van der Waals surface area (Å²) in [6, 6.07) is 4.98. The van der Waals surface area contributed by atoms with Gasteiger partial charge in [-0.25, -0.2) is 4.79 Å². The summed E-state index contributed by atoms with van der Waals surface area (Å²) < 4.78 is 11.8. The third-order valence-corrected chi connectivity index (χ3v) is 4.07. The predicted molar refractivity (Wildman–Crippen MR) is 78.8 cm³/mol. The first kappa shape index (κ1) is 15.2. The van der Waals surface area contributed by atoms with Gasteiger partial charge in [-0.2, -0.15) is 0 Å². The Balaban J connectivity index is 2.24. The van der Waals surface area contributed by atoms with Crippen LogP contribution in [0.2, 0.25) is 5.02 Å². The van der Waals surface area contributed by atoms with Gasteiger partial charge in [0.25, 0.3) is 0 Å². The van der Waals surface area contributed by atoms with Crippen molar-refractivity contribution in [2.24, 2.45) is 0 Å². The molecule has 1 amide bonds. The van der Waals surface area contributed by atoms with Crippen LogP contribution in [-0.4, -0.2) is 29.5 Å². The summed E-state index contributed by atoms with van der Waals surface area (Å²) in [7, 11) is -0.517. The zero-order valence-corrected chi connectivity index (χ0v) is 12.6. The Kier molecular flexibility index (Phi) is 3.75. The van der Waals surface area contributed by atoms with E-state index in [1.54, 1.807) is 18.2 Å². The van der Waals surface area contributed by atoms with E-state index >= 15 is 0 Å². The fourth-order valence-corrected chi connectivity index (χ4v) is 2.11. The Morgan fingerprint density at radius 3 is 2.25 bits per heavy atom. The number of halogens is 1. The highest BCUT2D eigenvalue weighted by Crippen LogP contribution is 2.36. The molecule has 0 saturated carbocycles. The van der Waals surface area contributed by atoms with Gasteiger partial charge in [0.1, 0.15) is 0 Å². The van der Waals surface area contributed by atoms with Gasteiger partial charge in [-0.15, -0.1) is 0 Å². The molecule has 1 saturated heterocycles.